The summed E-state index contributed by atoms with van der Waals surface area (Å²) in [7, 11) is 2.90. The Bertz CT molecular complexity index is 284. The van der Waals surface area contributed by atoms with Crippen molar-refractivity contribution in [3.05, 3.63) is 23.5 Å². The van der Waals surface area contributed by atoms with Crippen molar-refractivity contribution in [3.63, 3.8) is 0 Å². The standard InChI is InChI=1S/C9H11FO2/c1-6-4-5-7(11-2)9(12-3)8(6)10/h4-5H,1-3H3. The molecule has 3 heteroatoms. The lowest BCUT2D eigenvalue weighted by Crippen LogP contribution is -1.95. The SMILES string of the molecule is COc1ccc(C)c(F)c1OC. The third-order valence-corrected chi connectivity index (χ3v) is 1.68. The maximum absolute atomic E-state index is 13.2. The summed E-state index contributed by atoms with van der Waals surface area (Å²) in [5.74, 6) is 0.218. The second kappa shape index (κ2) is 3.43. The van der Waals surface area contributed by atoms with Gasteiger partial charge in [0, 0.05) is 0 Å². The molecule has 0 bridgehead atoms. The maximum Gasteiger partial charge on any atom is 0.197 e. The first-order chi connectivity index (χ1) is 5.70. The Morgan fingerprint density at radius 3 is 2.33 bits per heavy atom. The molecule has 0 spiro atoms. The Hall–Kier alpha value is -1.25. The highest BCUT2D eigenvalue weighted by Crippen LogP contribution is 2.31. The number of rotatable bonds is 2. The van der Waals surface area contributed by atoms with Gasteiger partial charge < -0.3 is 9.47 Å². The minimum atomic E-state index is -0.364. The van der Waals surface area contributed by atoms with Gasteiger partial charge in [0.05, 0.1) is 14.2 Å². The third kappa shape index (κ3) is 1.35. The maximum atomic E-state index is 13.2. The van der Waals surface area contributed by atoms with Crippen LogP contribution in [0.1, 0.15) is 5.56 Å². The molecule has 0 amide bonds. The number of hydrogen-bond donors (Lipinski definition) is 0. The Labute approximate surface area is 70.9 Å². The Kier molecular flexibility index (Phi) is 2.53. The highest BCUT2D eigenvalue weighted by molar-refractivity contribution is 5.43. The van der Waals surface area contributed by atoms with Gasteiger partial charge in [0.25, 0.3) is 0 Å². The van der Waals surface area contributed by atoms with Gasteiger partial charge in [-0.2, -0.15) is 0 Å². The monoisotopic (exact) mass is 170 g/mol. The van der Waals surface area contributed by atoms with Crippen molar-refractivity contribution in [3.8, 4) is 11.5 Å². The summed E-state index contributed by atoms with van der Waals surface area (Å²) in [5.41, 5.74) is 0.549. The van der Waals surface area contributed by atoms with Crippen molar-refractivity contribution in [1.29, 1.82) is 0 Å². The second-order valence-corrected chi connectivity index (χ2v) is 2.43. The minimum absolute atomic E-state index is 0.164. The summed E-state index contributed by atoms with van der Waals surface area (Å²) in [4.78, 5) is 0. The van der Waals surface area contributed by atoms with E-state index in [4.69, 9.17) is 9.47 Å². The van der Waals surface area contributed by atoms with Gasteiger partial charge >= 0.3 is 0 Å². The van der Waals surface area contributed by atoms with Crippen LogP contribution >= 0.6 is 0 Å². The fraction of sp³-hybridized carbons (Fsp3) is 0.333. The number of ether oxygens (including phenoxy) is 2. The lowest BCUT2D eigenvalue weighted by Gasteiger charge is -2.08. The number of hydrogen-bond acceptors (Lipinski definition) is 2. The number of halogens is 1. The smallest absolute Gasteiger partial charge is 0.197 e. The molecular weight excluding hydrogens is 159 g/mol. The van der Waals surface area contributed by atoms with E-state index in [0.29, 0.717) is 11.3 Å². The normalized spacial score (nSPS) is 9.67. The van der Waals surface area contributed by atoms with Crippen LogP contribution in [0.4, 0.5) is 4.39 Å². The first-order valence-corrected chi connectivity index (χ1v) is 3.57. The van der Waals surface area contributed by atoms with Crippen molar-refractivity contribution in [1.82, 2.24) is 0 Å². The van der Waals surface area contributed by atoms with Gasteiger partial charge in [0.2, 0.25) is 0 Å². The van der Waals surface area contributed by atoms with Crippen LogP contribution < -0.4 is 9.47 Å². The lowest BCUT2D eigenvalue weighted by molar-refractivity contribution is 0.336. The average Bonchev–Trinajstić information content (AvgIpc) is 2.09. The molecule has 0 unspecified atom stereocenters. The van der Waals surface area contributed by atoms with E-state index in [0.717, 1.165) is 0 Å². The molecule has 0 saturated carbocycles. The van der Waals surface area contributed by atoms with E-state index in [1.165, 1.54) is 14.2 Å². The first-order valence-electron chi connectivity index (χ1n) is 3.57. The third-order valence-electron chi connectivity index (χ3n) is 1.68. The lowest BCUT2D eigenvalue weighted by atomic mass is 10.2. The Morgan fingerprint density at radius 2 is 1.83 bits per heavy atom. The van der Waals surface area contributed by atoms with Gasteiger partial charge in [-0.3, -0.25) is 0 Å². The van der Waals surface area contributed by atoms with E-state index in [-0.39, 0.29) is 11.6 Å². The van der Waals surface area contributed by atoms with Crippen molar-refractivity contribution in [2.75, 3.05) is 14.2 Å². The zero-order chi connectivity index (χ0) is 9.14. The van der Waals surface area contributed by atoms with E-state index in [2.05, 4.69) is 0 Å². The molecule has 0 saturated heterocycles. The van der Waals surface area contributed by atoms with E-state index < -0.39 is 0 Å². The van der Waals surface area contributed by atoms with Gasteiger partial charge in [-0.05, 0) is 18.6 Å². The minimum Gasteiger partial charge on any atom is -0.493 e. The first kappa shape index (κ1) is 8.84. The largest absolute Gasteiger partial charge is 0.493 e. The molecule has 0 heterocycles. The van der Waals surface area contributed by atoms with Crippen molar-refractivity contribution < 1.29 is 13.9 Å². The van der Waals surface area contributed by atoms with E-state index >= 15 is 0 Å². The summed E-state index contributed by atoms with van der Waals surface area (Å²) in [5, 5.41) is 0. The summed E-state index contributed by atoms with van der Waals surface area (Å²) >= 11 is 0. The number of methoxy groups -OCH3 is 2. The van der Waals surface area contributed by atoms with Crippen LogP contribution in [0.15, 0.2) is 12.1 Å². The van der Waals surface area contributed by atoms with E-state index in [1.807, 2.05) is 0 Å². The zero-order valence-electron chi connectivity index (χ0n) is 7.35. The number of aryl methyl sites for hydroxylation is 1. The Balaban J connectivity index is 3.25. The summed E-state index contributed by atoms with van der Waals surface area (Å²) < 4.78 is 23.0. The van der Waals surface area contributed by atoms with Gasteiger partial charge in [-0.25, -0.2) is 4.39 Å². The zero-order valence-corrected chi connectivity index (χ0v) is 7.35. The quantitative estimate of drug-likeness (QED) is 0.677. The molecule has 1 rings (SSSR count). The molecule has 12 heavy (non-hydrogen) atoms. The van der Waals surface area contributed by atoms with Crippen LogP contribution in [0.2, 0.25) is 0 Å². The number of benzene rings is 1. The van der Waals surface area contributed by atoms with Crippen LogP contribution in [0.3, 0.4) is 0 Å². The summed E-state index contributed by atoms with van der Waals surface area (Å²) in [6.07, 6.45) is 0. The highest BCUT2D eigenvalue weighted by Gasteiger charge is 2.11. The molecule has 0 fully saturated rings. The van der Waals surface area contributed by atoms with Crippen molar-refractivity contribution in [2.24, 2.45) is 0 Å². The van der Waals surface area contributed by atoms with Crippen LogP contribution in [0.5, 0.6) is 11.5 Å². The Morgan fingerprint density at radius 1 is 1.17 bits per heavy atom. The molecule has 2 nitrogen and oxygen atoms in total. The van der Waals surface area contributed by atoms with Crippen LogP contribution in [0.25, 0.3) is 0 Å². The summed E-state index contributed by atoms with van der Waals surface area (Å²) in [6, 6.07) is 3.33. The summed E-state index contributed by atoms with van der Waals surface area (Å²) in [6.45, 7) is 1.68. The predicted molar refractivity (Wildman–Crippen MR) is 44.2 cm³/mol. The molecular formula is C9H11FO2. The molecule has 0 aromatic heterocycles. The molecule has 0 N–H and O–H groups in total. The van der Waals surface area contributed by atoms with Crippen LogP contribution in [-0.4, -0.2) is 14.2 Å². The van der Waals surface area contributed by atoms with Gasteiger partial charge in [0.1, 0.15) is 0 Å². The van der Waals surface area contributed by atoms with Crippen LogP contribution in [0, 0.1) is 12.7 Å². The molecule has 1 aromatic carbocycles. The fourth-order valence-corrected chi connectivity index (χ4v) is 0.988. The molecule has 0 atom stereocenters. The molecule has 0 aliphatic rings. The van der Waals surface area contributed by atoms with E-state index in [1.54, 1.807) is 19.1 Å². The molecule has 0 aliphatic heterocycles. The fourth-order valence-electron chi connectivity index (χ4n) is 0.988. The molecule has 66 valence electrons. The van der Waals surface area contributed by atoms with Gasteiger partial charge in [0.15, 0.2) is 17.3 Å². The molecule has 1 aromatic rings. The molecule has 0 radical (unpaired) electrons. The molecule has 0 aliphatic carbocycles. The highest BCUT2D eigenvalue weighted by atomic mass is 19.1. The second-order valence-electron chi connectivity index (χ2n) is 2.43. The van der Waals surface area contributed by atoms with Crippen molar-refractivity contribution in [2.45, 2.75) is 6.92 Å². The van der Waals surface area contributed by atoms with Gasteiger partial charge in [-0.15, -0.1) is 0 Å². The topological polar surface area (TPSA) is 18.5 Å². The average molecular weight is 170 g/mol. The van der Waals surface area contributed by atoms with Gasteiger partial charge in [-0.1, -0.05) is 6.07 Å². The predicted octanol–water partition coefficient (Wildman–Crippen LogP) is 2.15. The van der Waals surface area contributed by atoms with Crippen molar-refractivity contribution >= 4 is 0 Å². The van der Waals surface area contributed by atoms with Crippen LogP contribution in [-0.2, 0) is 0 Å². The van der Waals surface area contributed by atoms with E-state index in [9.17, 15) is 4.39 Å².